The van der Waals surface area contributed by atoms with Crippen molar-refractivity contribution < 1.29 is 128 Å². The Morgan fingerprint density at radius 1 is 0.491 bits per heavy atom. The van der Waals surface area contributed by atoms with Crippen LogP contribution in [0.5, 0.6) is 0 Å². The predicted octanol–water partition coefficient (Wildman–Crippen LogP) is -0.411. The van der Waals surface area contributed by atoms with Gasteiger partial charge in [0.15, 0.2) is 0 Å². The molecule has 32 nitrogen and oxygen atoms in total. The van der Waals surface area contributed by atoms with Gasteiger partial charge < -0.3 is 131 Å². The third-order valence-electron chi connectivity index (χ3n) is 27.7. The molecule has 0 aromatic rings. The lowest BCUT2D eigenvalue weighted by Crippen LogP contribution is -2.85. The van der Waals surface area contributed by atoms with Crippen molar-refractivity contribution in [3.63, 3.8) is 0 Å². The summed E-state index contributed by atoms with van der Waals surface area (Å²) in [6.45, 7) is 24.1. The molecule has 8 aliphatic heterocycles. The molecule has 18 N–H and O–H groups in total. The largest absolute Gasteiger partial charge is 0.469 e. The smallest absolute Gasteiger partial charge is 0.315 e. The lowest BCUT2D eigenvalue weighted by Gasteiger charge is -2.67. The molecule has 8 saturated heterocycles. The molecule has 0 bridgehead atoms. The molecule has 0 aromatic carbocycles. The van der Waals surface area contributed by atoms with E-state index in [1.54, 1.807) is 65.1 Å². The van der Waals surface area contributed by atoms with Gasteiger partial charge in [0.2, 0.25) is 11.8 Å². The second-order valence-corrected chi connectivity index (χ2v) is 37.3. The molecule has 612 valence electrons. The SMILES string of the molecule is CC(=O)NC1(C)C(C)(COC[C@]2(C)OC(C)(CO)[C@](C)(O)C(C)(O)C2(C)O)[C@H](O)C(C)(CO)O[C@@]1(C)COC(=O)CCCCC1SC[C@@H]2NC(=O)N[C@H]12.COC(=O)C(CCCC1SC[C@@H]2NC(=O)N[C@H]12)[C@@]1(C)OC(C)(CO)[C@@H](O)C(C)(COC[C@]2(C)OC(C)(CO)[C@](C)(O)C(C)(O)C2(C)O)C1(C)NC(C)=O. The number of hydrogen-bond acceptors (Lipinski definition) is 28. The number of hydrogen-bond donors (Lipinski definition) is 18. The number of ether oxygens (including phenoxy) is 8. The zero-order chi connectivity index (χ0) is 80.7. The number of fused-ring (bicyclic) bond motifs is 2. The molecule has 15 unspecified atom stereocenters. The number of nitrogens with one attached hydrogen (secondary N) is 6. The van der Waals surface area contributed by atoms with Gasteiger partial charge in [-0.25, -0.2) is 9.59 Å². The summed E-state index contributed by atoms with van der Waals surface area (Å²) in [6, 6.07) is -0.202. The standard InChI is InChI=1S/2C36H63N3O13S/c1-20(42)39-33(7)28(2,18-50-19-31(5)35(9,47)36(10,48)34(8,46)30(4,17-41)52-31)26(44)29(3,16-40)51-32(33,6)21(25(43)49-11)13-12-14-23-24-22(15-53-23)37-27(45)38-24;1-21(42)39-33(7)28(2,18-49-19-32(6)35(9,47)36(10,48)34(8,46)30(4,17-41)52-32)26(44)29(3,16-40)51-31(33,5)20-50-24(43)14-12-11-13-23-25-22(15-53-23)37-27(45)38-25/h21-24,26,40-41,44,46-48H,12-19H2,1-11H3,(H,39,42)(H2,37,38,45);22-23,25-26,40-41,44,46-48H,11-20H2,1-10H3,(H,39,42)(H2,37,38,45)/t21?,22-,23?,24-,26-,28?,29?,30?,31-,32+,33?,34-,35?,36?;22-,23?,25-,26-,28?,29?,30?,31-,32-,33?,34-,35?,36?/m00/s1. The first-order chi connectivity index (χ1) is 48.3. The second-order valence-electron chi connectivity index (χ2n) is 34.8. The number of carbonyl (C=O) groups is 6. The predicted molar refractivity (Wildman–Crippen MR) is 388 cm³/mol. The van der Waals surface area contributed by atoms with Crippen LogP contribution in [-0.2, 0) is 57.1 Å². The third kappa shape index (κ3) is 14.3. The van der Waals surface area contributed by atoms with Crippen molar-refractivity contribution in [2.75, 3.05) is 78.1 Å². The molecule has 0 aromatic heterocycles. The Morgan fingerprint density at radius 2 is 0.877 bits per heavy atom. The molecule has 0 radical (unpaired) electrons. The Balaban J connectivity index is 0.000000296. The molecule has 8 rings (SSSR count). The number of unbranched alkanes of at least 4 members (excludes halogenated alkanes) is 1. The van der Waals surface area contributed by atoms with E-state index in [0.29, 0.717) is 19.3 Å². The van der Waals surface area contributed by atoms with E-state index < -0.39 is 182 Å². The van der Waals surface area contributed by atoms with Gasteiger partial charge in [0.1, 0.15) is 85.0 Å². The molecule has 106 heavy (non-hydrogen) atoms. The van der Waals surface area contributed by atoms with Crippen LogP contribution in [0.3, 0.4) is 0 Å². The topological polar surface area (TPSA) is 491 Å². The summed E-state index contributed by atoms with van der Waals surface area (Å²) in [4.78, 5) is 76.5. The Bertz CT molecular complexity index is 3230. The molecule has 8 aliphatic rings. The highest BCUT2D eigenvalue weighted by atomic mass is 32.2. The van der Waals surface area contributed by atoms with Gasteiger partial charge in [-0.15, -0.1) is 0 Å². The maximum Gasteiger partial charge on any atom is 0.315 e. The van der Waals surface area contributed by atoms with E-state index in [1.807, 2.05) is 0 Å². The number of aliphatic hydroxyl groups excluding tert-OH is 6. The van der Waals surface area contributed by atoms with Crippen molar-refractivity contribution in [1.82, 2.24) is 31.9 Å². The normalized spacial score (nSPS) is 48.4. The van der Waals surface area contributed by atoms with Crippen molar-refractivity contribution in [1.29, 1.82) is 0 Å². The van der Waals surface area contributed by atoms with Crippen molar-refractivity contribution in [2.45, 2.75) is 320 Å². The molecule has 0 spiro atoms. The highest BCUT2D eigenvalue weighted by molar-refractivity contribution is 8.00. The summed E-state index contributed by atoms with van der Waals surface area (Å²) in [5.74, 6) is -1.55. The zero-order valence-corrected chi connectivity index (χ0v) is 67.5. The van der Waals surface area contributed by atoms with Crippen LogP contribution in [0.4, 0.5) is 9.59 Å². The minimum Gasteiger partial charge on any atom is -0.469 e. The van der Waals surface area contributed by atoms with Crippen LogP contribution in [0, 0.1) is 16.7 Å². The van der Waals surface area contributed by atoms with Gasteiger partial charge in [-0.2, -0.15) is 23.5 Å². The van der Waals surface area contributed by atoms with Crippen LogP contribution in [-0.4, -0.2) is 312 Å². The van der Waals surface area contributed by atoms with E-state index in [9.17, 15) is 90.0 Å². The number of aliphatic hydroxyl groups is 12. The Labute approximate surface area is 631 Å². The number of esters is 2. The highest BCUT2D eigenvalue weighted by Crippen LogP contribution is 2.60. The van der Waals surface area contributed by atoms with Crippen LogP contribution in [0.1, 0.15) is 183 Å². The van der Waals surface area contributed by atoms with E-state index in [4.69, 9.17) is 37.9 Å². The van der Waals surface area contributed by atoms with Crippen molar-refractivity contribution in [3.8, 4) is 0 Å². The van der Waals surface area contributed by atoms with Gasteiger partial charge in [-0.3, -0.25) is 19.2 Å². The van der Waals surface area contributed by atoms with E-state index in [-0.39, 0.29) is 79.4 Å². The first kappa shape index (κ1) is 89.6. The van der Waals surface area contributed by atoms with Crippen molar-refractivity contribution in [2.24, 2.45) is 16.7 Å². The summed E-state index contributed by atoms with van der Waals surface area (Å²) >= 11 is 3.53. The van der Waals surface area contributed by atoms with E-state index in [1.165, 1.54) is 104 Å². The molecule has 0 saturated carbocycles. The van der Waals surface area contributed by atoms with Crippen LogP contribution in [0.2, 0.25) is 0 Å². The first-order valence-corrected chi connectivity index (χ1v) is 38.7. The van der Waals surface area contributed by atoms with E-state index >= 15 is 0 Å². The minimum absolute atomic E-state index is 0.0187. The van der Waals surface area contributed by atoms with Crippen molar-refractivity contribution in [3.05, 3.63) is 0 Å². The second kappa shape index (κ2) is 30.4. The Hall–Kier alpha value is -3.60. The average Bonchev–Trinajstić information content (AvgIpc) is 0.817. The molecule has 8 fully saturated rings. The Kier molecular flexibility index (Phi) is 25.7. The number of rotatable bonds is 27. The molecule has 0 aliphatic carbocycles. The summed E-state index contributed by atoms with van der Waals surface area (Å²) in [5, 5.41) is 153. The molecular weight excluding hydrogens is 1430 g/mol. The summed E-state index contributed by atoms with van der Waals surface area (Å²) < 4.78 is 49.2. The zero-order valence-electron chi connectivity index (χ0n) is 65.8. The third-order valence-corrected chi connectivity index (χ3v) is 30.7. The fourth-order valence-electron chi connectivity index (χ4n) is 18.4. The maximum absolute atomic E-state index is 13.8. The van der Waals surface area contributed by atoms with Gasteiger partial charge in [0, 0.05) is 53.1 Å². The van der Waals surface area contributed by atoms with E-state index in [2.05, 4.69) is 31.9 Å². The molecule has 6 amide bonds. The van der Waals surface area contributed by atoms with Gasteiger partial charge in [-0.05, 0) is 136 Å². The molecule has 27 atom stereocenters. The highest BCUT2D eigenvalue weighted by Gasteiger charge is 2.78. The summed E-state index contributed by atoms with van der Waals surface area (Å²) in [5.41, 5.74) is -32.7. The van der Waals surface area contributed by atoms with Gasteiger partial charge in [0.05, 0.1) is 113 Å². The summed E-state index contributed by atoms with van der Waals surface area (Å²) in [7, 11) is 1.25. The molecular formula is C72H126N6O26S2. The monoisotopic (exact) mass is 1550 g/mol. The minimum atomic E-state index is -2.24. The number of carbonyl (C=O) groups excluding carboxylic acids is 6. The summed E-state index contributed by atoms with van der Waals surface area (Å²) in [6.07, 6.45) is 0.608. The maximum atomic E-state index is 13.8. The molecule has 34 heteroatoms. The average molecular weight is 1560 g/mol. The number of thioether (sulfide) groups is 2. The Morgan fingerprint density at radius 3 is 1.27 bits per heavy atom. The first-order valence-electron chi connectivity index (χ1n) is 36.6. The van der Waals surface area contributed by atoms with E-state index in [0.717, 1.165) is 24.3 Å². The van der Waals surface area contributed by atoms with Gasteiger partial charge in [-0.1, -0.05) is 26.7 Å². The lowest BCUT2D eigenvalue weighted by molar-refractivity contribution is -0.408. The van der Waals surface area contributed by atoms with Gasteiger partial charge in [0.25, 0.3) is 0 Å². The fourth-order valence-corrected chi connectivity index (χ4v) is 21.5. The van der Waals surface area contributed by atoms with Gasteiger partial charge >= 0.3 is 24.0 Å². The van der Waals surface area contributed by atoms with Crippen LogP contribution in [0.15, 0.2) is 0 Å². The fraction of sp³-hybridized carbons (Fsp3) is 0.917. The molecule has 8 heterocycles. The number of methoxy groups -OCH3 is 1. The van der Waals surface area contributed by atoms with Crippen molar-refractivity contribution >= 4 is 59.3 Å². The lowest BCUT2D eigenvalue weighted by atomic mass is 9.52. The van der Waals surface area contributed by atoms with Crippen LogP contribution in [0.25, 0.3) is 0 Å². The van der Waals surface area contributed by atoms with Crippen LogP contribution < -0.4 is 31.9 Å². The van der Waals surface area contributed by atoms with Crippen LogP contribution >= 0.6 is 23.5 Å². The number of amides is 6. The quantitative estimate of drug-likeness (QED) is 0.0282. The number of urea groups is 2.